The van der Waals surface area contributed by atoms with Crippen LogP contribution in [0, 0.1) is 17.8 Å². The van der Waals surface area contributed by atoms with E-state index in [1.165, 1.54) is 0 Å². The van der Waals surface area contributed by atoms with E-state index in [0.29, 0.717) is 17.8 Å². The SMILES string of the molecule is CC(C)C(CNc1cncc(CNC(C)(C)C)n1)C(C)C. The van der Waals surface area contributed by atoms with Crippen LogP contribution in [-0.2, 0) is 6.54 Å². The molecule has 120 valence electrons. The minimum absolute atomic E-state index is 0.0888. The fourth-order valence-electron chi connectivity index (χ4n) is 2.40. The Hall–Kier alpha value is -1.16. The fourth-order valence-corrected chi connectivity index (χ4v) is 2.40. The van der Waals surface area contributed by atoms with Crippen LogP contribution in [-0.4, -0.2) is 22.1 Å². The molecule has 0 radical (unpaired) electrons. The molecular weight excluding hydrogens is 260 g/mol. The second-order valence-corrected chi connectivity index (χ2v) is 7.53. The Morgan fingerprint density at radius 3 is 2.19 bits per heavy atom. The van der Waals surface area contributed by atoms with Crippen LogP contribution in [0.15, 0.2) is 12.4 Å². The number of hydrogen-bond donors (Lipinski definition) is 2. The molecule has 4 heteroatoms. The van der Waals surface area contributed by atoms with E-state index in [0.717, 1.165) is 24.6 Å². The molecule has 0 aliphatic rings. The molecule has 0 saturated heterocycles. The summed E-state index contributed by atoms with van der Waals surface area (Å²) in [6.45, 7) is 17.3. The monoisotopic (exact) mass is 292 g/mol. The highest BCUT2D eigenvalue weighted by atomic mass is 15.0. The van der Waals surface area contributed by atoms with Gasteiger partial charge in [-0.2, -0.15) is 0 Å². The van der Waals surface area contributed by atoms with Gasteiger partial charge in [-0.3, -0.25) is 4.98 Å². The van der Waals surface area contributed by atoms with Crippen LogP contribution in [0.2, 0.25) is 0 Å². The maximum absolute atomic E-state index is 4.63. The first kappa shape index (κ1) is 17.9. The molecular formula is C17H32N4. The molecule has 0 atom stereocenters. The normalized spacial score (nSPS) is 12.5. The summed E-state index contributed by atoms with van der Waals surface area (Å²) < 4.78 is 0. The highest BCUT2D eigenvalue weighted by Gasteiger charge is 2.17. The molecule has 0 unspecified atom stereocenters. The van der Waals surface area contributed by atoms with Crippen molar-refractivity contribution in [2.75, 3.05) is 11.9 Å². The van der Waals surface area contributed by atoms with E-state index in [-0.39, 0.29) is 5.54 Å². The molecule has 1 rings (SSSR count). The van der Waals surface area contributed by atoms with Crippen molar-refractivity contribution >= 4 is 5.82 Å². The predicted molar refractivity (Wildman–Crippen MR) is 90.3 cm³/mol. The molecule has 0 aliphatic carbocycles. The summed E-state index contributed by atoms with van der Waals surface area (Å²) in [7, 11) is 0. The second kappa shape index (κ2) is 7.74. The summed E-state index contributed by atoms with van der Waals surface area (Å²) in [5.41, 5.74) is 1.06. The Morgan fingerprint density at radius 2 is 1.67 bits per heavy atom. The smallest absolute Gasteiger partial charge is 0.144 e. The Labute approximate surface area is 130 Å². The Kier molecular flexibility index (Phi) is 6.59. The van der Waals surface area contributed by atoms with Gasteiger partial charge in [-0.25, -0.2) is 4.98 Å². The number of rotatable bonds is 7. The highest BCUT2D eigenvalue weighted by Crippen LogP contribution is 2.20. The number of nitrogens with zero attached hydrogens (tertiary/aromatic N) is 2. The largest absolute Gasteiger partial charge is 0.368 e. The van der Waals surface area contributed by atoms with E-state index >= 15 is 0 Å². The minimum Gasteiger partial charge on any atom is -0.368 e. The first-order valence-corrected chi connectivity index (χ1v) is 7.99. The lowest BCUT2D eigenvalue weighted by atomic mass is 9.85. The van der Waals surface area contributed by atoms with Crippen molar-refractivity contribution in [3.63, 3.8) is 0 Å². The topological polar surface area (TPSA) is 49.8 Å². The third kappa shape index (κ3) is 6.89. The van der Waals surface area contributed by atoms with Gasteiger partial charge in [0.2, 0.25) is 0 Å². The molecule has 21 heavy (non-hydrogen) atoms. The maximum Gasteiger partial charge on any atom is 0.144 e. The van der Waals surface area contributed by atoms with Crippen molar-refractivity contribution in [2.24, 2.45) is 17.8 Å². The van der Waals surface area contributed by atoms with Gasteiger partial charge in [0.25, 0.3) is 0 Å². The third-order valence-electron chi connectivity index (χ3n) is 3.72. The zero-order chi connectivity index (χ0) is 16.0. The van der Waals surface area contributed by atoms with Gasteiger partial charge in [0.15, 0.2) is 0 Å². The number of aromatic nitrogens is 2. The Balaban J connectivity index is 2.60. The summed E-state index contributed by atoms with van der Waals surface area (Å²) in [5.74, 6) is 2.84. The van der Waals surface area contributed by atoms with Gasteiger partial charge < -0.3 is 10.6 Å². The van der Waals surface area contributed by atoms with Crippen molar-refractivity contribution in [1.29, 1.82) is 0 Å². The molecule has 1 aromatic rings. The molecule has 0 aromatic carbocycles. The van der Waals surface area contributed by atoms with Crippen molar-refractivity contribution in [1.82, 2.24) is 15.3 Å². The molecule has 1 heterocycles. The van der Waals surface area contributed by atoms with Crippen molar-refractivity contribution in [2.45, 2.75) is 60.5 Å². The van der Waals surface area contributed by atoms with Crippen LogP contribution < -0.4 is 10.6 Å². The van der Waals surface area contributed by atoms with Gasteiger partial charge in [0, 0.05) is 24.8 Å². The average Bonchev–Trinajstić information content (AvgIpc) is 2.35. The van der Waals surface area contributed by atoms with Gasteiger partial charge in [0.1, 0.15) is 5.82 Å². The number of nitrogens with one attached hydrogen (secondary N) is 2. The van der Waals surface area contributed by atoms with Crippen LogP contribution in [0.25, 0.3) is 0 Å². The molecule has 4 nitrogen and oxygen atoms in total. The quantitative estimate of drug-likeness (QED) is 0.804. The van der Waals surface area contributed by atoms with E-state index in [1.807, 2.05) is 6.20 Å². The predicted octanol–water partition coefficient (Wildman–Crippen LogP) is 3.70. The van der Waals surface area contributed by atoms with Crippen LogP contribution in [0.4, 0.5) is 5.82 Å². The minimum atomic E-state index is 0.0888. The van der Waals surface area contributed by atoms with Gasteiger partial charge in [-0.05, 0) is 38.5 Å². The molecule has 0 bridgehead atoms. The lowest BCUT2D eigenvalue weighted by Gasteiger charge is -2.25. The highest BCUT2D eigenvalue weighted by molar-refractivity contribution is 5.31. The summed E-state index contributed by atoms with van der Waals surface area (Å²) in [6.07, 6.45) is 3.63. The molecule has 2 N–H and O–H groups in total. The molecule has 0 fully saturated rings. The first-order chi connectivity index (χ1) is 9.69. The lowest BCUT2D eigenvalue weighted by Crippen LogP contribution is -2.35. The fraction of sp³-hybridized carbons (Fsp3) is 0.765. The first-order valence-electron chi connectivity index (χ1n) is 7.99. The summed E-state index contributed by atoms with van der Waals surface area (Å²) >= 11 is 0. The summed E-state index contributed by atoms with van der Waals surface area (Å²) in [6, 6.07) is 0. The van der Waals surface area contributed by atoms with Crippen LogP contribution >= 0.6 is 0 Å². The number of hydrogen-bond acceptors (Lipinski definition) is 4. The van der Waals surface area contributed by atoms with Crippen LogP contribution in [0.3, 0.4) is 0 Å². The standard InChI is InChI=1S/C17H32N4/c1-12(2)15(13(3)4)10-19-16-11-18-8-14(21-16)9-20-17(5,6)7/h8,11-13,15,20H,9-10H2,1-7H3,(H,19,21). The van der Waals surface area contributed by atoms with E-state index in [9.17, 15) is 0 Å². The van der Waals surface area contributed by atoms with Crippen LogP contribution in [0.1, 0.15) is 54.2 Å². The molecule has 0 amide bonds. The Morgan fingerprint density at radius 1 is 1.05 bits per heavy atom. The summed E-state index contributed by atoms with van der Waals surface area (Å²) in [5, 5.41) is 6.88. The average molecular weight is 292 g/mol. The zero-order valence-electron chi connectivity index (χ0n) is 14.7. The maximum atomic E-state index is 4.63. The zero-order valence-corrected chi connectivity index (χ0v) is 14.7. The van der Waals surface area contributed by atoms with E-state index in [2.05, 4.69) is 69.1 Å². The second-order valence-electron chi connectivity index (χ2n) is 7.53. The third-order valence-corrected chi connectivity index (χ3v) is 3.72. The van der Waals surface area contributed by atoms with E-state index in [1.54, 1.807) is 6.20 Å². The number of anilines is 1. The van der Waals surface area contributed by atoms with Gasteiger partial charge in [-0.1, -0.05) is 27.7 Å². The van der Waals surface area contributed by atoms with E-state index < -0.39 is 0 Å². The lowest BCUT2D eigenvalue weighted by molar-refractivity contribution is 0.304. The van der Waals surface area contributed by atoms with Gasteiger partial charge in [0.05, 0.1) is 11.9 Å². The molecule has 1 aromatic heterocycles. The van der Waals surface area contributed by atoms with Gasteiger partial charge >= 0.3 is 0 Å². The Bertz CT molecular complexity index is 413. The van der Waals surface area contributed by atoms with Crippen molar-refractivity contribution in [3.8, 4) is 0 Å². The molecule has 0 aliphatic heterocycles. The molecule has 0 saturated carbocycles. The molecule has 0 spiro atoms. The van der Waals surface area contributed by atoms with Gasteiger partial charge in [-0.15, -0.1) is 0 Å². The van der Waals surface area contributed by atoms with Crippen molar-refractivity contribution < 1.29 is 0 Å². The van der Waals surface area contributed by atoms with Crippen LogP contribution in [0.5, 0.6) is 0 Å². The van der Waals surface area contributed by atoms with E-state index in [4.69, 9.17) is 0 Å². The van der Waals surface area contributed by atoms with Crippen molar-refractivity contribution in [3.05, 3.63) is 18.1 Å². The summed E-state index contributed by atoms with van der Waals surface area (Å²) in [4.78, 5) is 8.92.